The van der Waals surface area contributed by atoms with Crippen molar-refractivity contribution in [3.8, 4) is 0 Å². The molecule has 1 atom stereocenters. The van der Waals surface area contributed by atoms with E-state index in [4.69, 9.17) is 5.73 Å². The van der Waals surface area contributed by atoms with E-state index in [2.05, 4.69) is 10.3 Å². The van der Waals surface area contributed by atoms with Gasteiger partial charge >= 0.3 is 0 Å². The van der Waals surface area contributed by atoms with Crippen molar-refractivity contribution in [2.24, 2.45) is 0 Å². The number of aromatic nitrogens is 1. The molecular weight excluding hydrogens is 232 g/mol. The predicted octanol–water partition coefficient (Wildman–Crippen LogP) is 0.0144. The molecule has 1 fully saturated rings. The maximum absolute atomic E-state index is 12.3. The van der Waals surface area contributed by atoms with E-state index in [0.717, 1.165) is 6.42 Å². The number of hydrogen-bond donors (Lipinski definition) is 2. The van der Waals surface area contributed by atoms with E-state index in [1.807, 2.05) is 0 Å². The third kappa shape index (κ3) is 2.13. The third-order valence-corrected chi connectivity index (χ3v) is 3.10. The molecule has 2 amide bonds. The summed E-state index contributed by atoms with van der Waals surface area (Å²) < 4.78 is 0. The van der Waals surface area contributed by atoms with Crippen LogP contribution in [0.1, 0.15) is 23.3 Å². The first-order valence-corrected chi connectivity index (χ1v) is 5.88. The highest BCUT2D eigenvalue weighted by Gasteiger charge is 2.34. The quantitative estimate of drug-likeness (QED) is 0.772. The molecule has 0 saturated carbocycles. The Hall–Kier alpha value is -2.11. The Morgan fingerprint density at radius 2 is 2.33 bits per heavy atom. The number of likely N-dealkylation sites (tertiary alicyclic amines) is 1. The van der Waals surface area contributed by atoms with Gasteiger partial charge in [-0.15, -0.1) is 0 Å². The number of nitrogens with zero attached hydrogens (tertiary/aromatic N) is 2. The number of likely N-dealkylation sites (N-methyl/N-ethyl adjacent to an activating group) is 1. The summed E-state index contributed by atoms with van der Waals surface area (Å²) >= 11 is 0. The van der Waals surface area contributed by atoms with Crippen LogP contribution in [0.15, 0.2) is 18.3 Å². The van der Waals surface area contributed by atoms with Gasteiger partial charge in [-0.05, 0) is 25.0 Å². The average Bonchev–Trinajstić information content (AvgIpc) is 2.86. The minimum atomic E-state index is -0.413. The molecule has 0 radical (unpaired) electrons. The molecule has 0 aliphatic carbocycles. The lowest BCUT2D eigenvalue weighted by Crippen LogP contribution is -2.45. The molecule has 1 aromatic rings. The van der Waals surface area contributed by atoms with E-state index >= 15 is 0 Å². The molecule has 1 unspecified atom stereocenters. The Bertz CT molecular complexity index is 475. The van der Waals surface area contributed by atoms with Crippen LogP contribution >= 0.6 is 0 Å². The summed E-state index contributed by atoms with van der Waals surface area (Å²) in [5.41, 5.74) is 6.29. The van der Waals surface area contributed by atoms with Gasteiger partial charge in [0.2, 0.25) is 5.91 Å². The number of nitrogen functional groups attached to an aromatic ring is 1. The number of rotatable bonds is 2. The van der Waals surface area contributed by atoms with Gasteiger partial charge in [-0.2, -0.15) is 0 Å². The van der Waals surface area contributed by atoms with Gasteiger partial charge in [-0.1, -0.05) is 0 Å². The second-order valence-corrected chi connectivity index (χ2v) is 4.21. The molecule has 1 aliphatic rings. The molecule has 1 aliphatic heterocycles. The molecule has 0 aromatic carbocycles. The fourth-order valence-corrected chi connectivity index (χ4v) is 2.18. The summed E-state index contributed by atoms with van der Waals surface area (Å²) in [6.45, 7) is 0.562. The highest BCUT2D eigenvalue weighted by atomic mass is 16.2. The Morgan fingerprint density at radius 3 is 3.00 bits per heavy atom. The highest BCUT2D eigenvalue weighted by Crippen LogP contribution is 2.21. The normalized spacial score (nSPS) is 18.7. The van der Waals surface area contributed by atoms with Gasteiger partial charge in [0.1, 0.15) is 6.04 Å². The minimum Gasteiger partial charge on any atom is -0.397 e. The van der Waals surface area contributed by atoms with Crippen molar-refractivity contribution in [2.45, 2.75) is 18.9 Å². The van der Waals surface area contributed by atoms with Crippen LogP contribution in [-0.2, 0) is 4.79 Å². The predicted molar refractivity (Wildman–Crippen MR) is 66.8 cm³/mol. The van der Waals surface area contributed by atoms with Crippen molar-refractivity contribution >= 4 is 17.5 Å². The largest absolute Gasteiger partial charge is 0.397 e. The molecule has 1 saturated heterocycles. The van der Waals surface area contributed by atoms with E-state index in [9.17, 15) is 9.59 Å². The summed E-state index contributed by atoms with van der Waals surface area (Å²) in [5.74, 6) is -0.422. The molecule has 3 N–H and O–H groups in total. The summed E-state index contributed by atoms with van der Waals surface area (Å²) in [5, 5.41) is 2.57. The molecule has 2 heterocycles. The molecule has 18 heavy (non-hydrogen) atoms. The minimum absolute atomic E-state index is 0.143. The van der Waals surface area contributed by atoms with Gasteiger partial charge in [0.05, 0.1) is 5.69 Å². The van der Waals surface area contributed by atoms with E-state index in [1.165, 1.54) is 11.1 Å². The summed E-state index contributed by atoms with van der Waals surface area (Å²) in [6, 6.07) is 2.89. The molecule has 1 aromatic heterocycles. The van der Waals surface area contributed by atoms with Crippen LogP contribution in [-0.4, -0.2) is 41.3 Å². The van der Waals surface area contributed by atoms with Crippen molar-refractivity contribution in [1.82, 2.24) is 15.2 Å². The Kier molecular flexibility index (Phi) is 3.45. The first-order valence-electron chi connectivity index (χ1n) is 5.88. The lowest BCUT2D eigenvalue weighted by Gasteiger charge is -2.23. The second-order valence-electron chi connectivity index (χ2n) is 4.21. The SMILES string of the molecule is CNC(=O)C1CCCN1C(=O)c1ncccc1N. The number of amides is 2. The van der Waals surface area contributed by atoms with Gasteiger partial charge in [-0.3, -0.25) is 9.59 Å². The molecule has 6 nitrogen and oxygen atoms in total. The fraction of sp³-hybridized carbons (Fsp3) is 0.417. The van der Waals surface area contributed by atoms with Crippen LogP contribution in [0.25, 0.3) is 0 Å². The van der Waals surface area contributed by atoms with Crippen molar-refractivity contribution in [3.05, 3.63) is 24.0 Å². The molecule has 6 heteroatoms. The standard InChI is InChI=1S/C12H16N4O2/c1-14-11(17)9-5-3-7-16(9)12(18)10-8(13)4-2-6-15-10/h2,4,6,9H,3,5,7,13H2,1H3,(H,14,17). The van der Waals surface area contributed by atoms with Crippen LogP contribution in [0.4, 0.5) is 5.69 Å². The zero-order chi connectivity index (χ0) is 13.1. The van der Waals surface area contributed by atoms with E-state index in [1.54, 1.807) is 19.2 Å². The van der Waals surface area contributed by atoms with E-state index in [0.29, 0.717) is 18.7 Å². The van der Waals surface area contributed by atoms with Crippen LogP contribution in [0, 0.1) is 0 Å². The molecule has 0 bridgehead atoms. The molecule has 0 spiro atoms. The van der Waals surface area contributed by atoms with Gasteiger partial charge in [0.15, 0.2) is 5.69 Å². The first kappa shape index (κ1) is 12.3. The number of pyridine rings is 1. The number of anilines is 1. The third-order valence-electron chi connectivity index (χ3n) is 3.10. The topological polar surface area (TPSA) is 88.3 Å². The number of hydrogen-bond acceptors (Lipinski definition) is 4. The van der Waals surface area contributed by atoms with E-state index < -0.39 is 6.04 Å². The monoisotopic (exact) mass is 248 g/mol. The zero-order valence-electron chi connectivity index (χ0n) is 10.2. The van der Waals surface area contributed by atoms with Gasteiger partial charge in [0, 0.05) is 19.8 Å². The fourth-order valence-electron chi connectivity index (χ4n) is 2.18. The van der Waals surface area contributed by atoms with Crippen molar-refractivity contribution in [1.29, 1.82) is 0 Å². The van der Waals surface area contributed by atoms with Crippen molar-refractivity contribution in [3.63, 3.8) is 0 Å². The van der Waals surface area contributed by atoms with Gasteiger partial charge in [-0.25, -0.2) is 4.98 Å². The number of carbonyl (C=O) groups is 2. The lowest BCUT2D eigenvalue weighted by molar-refractivity contribution is -0.124. The second kappa shape index (κ2) is 5.03. The lowest BCUT2D eigenvalue weighted by atomic mass is 10.2. The molecule has 96 valence electrons. The number of nitrogens with two attached hydrogens (primary N) is 1. The van der Waals surface area contributed by atoms with Crippen LogP contribution < -0.4 is 11.1 Å². The number of nitrogens with one attached hydrogen (secondary N) is 1. The van der Waals surface area contributed by atoms with Crippen LogP contribution in [0.2, 0.25) is 0 Å². The maximum atomic E-state index is 12.3. The highest BCUT2D eigenvalue weighted by molar-refractivity contribution is 6.00. The van der Waals surface area contributed by atoms with Crippen LogP contribution in [0.3, 0.4) is 0 Å². The Labute approximate surface area is 105 Å². The first-order chi connectivity index (χ1) is 8.65. The smallest absolute Gasteiger partial charge is 0.275 e. The molecule has 2 rings (SSSR count). The Balaban J connectivity index is 2.23. The summed E-state index contributed by atoms with van der Waals surface area (Å²) in [7, 11) is 1.57. The molecular formula is C12H16N4O2. The average molecular weight is 248 g/mol. The van der Waals surface area contributed by atoms with Crippen molar-refractivity contribution < 1.29 is 9.59 Å². The zero-order valence-corrected chi connectivity index (χ0v) is 10.2. The maximum Gasteiger partial charge on any atom is 0.275 e. The van der Waals surface area contributed by atoms with Crippen molar-refractivity contribution in [2.75, 3.05) is 19.3 Å². The summed E-state index contributed by atoms with van der Waals surface area (Å²) in [4.78, 5) is 29.5. The number of carbonyl (C=O) groups excluding carboxylic acids is 2. The van der Waals surface area contributed by atoms with Crippen LogP contribution in [0.5, 0.6) is 0 Å². The van der Waals surface area contributed by atoms with Gasteiger partial charge in [0.25, 0.3) is 5.91 Å². The van der Waals surface area contributed by atoms with Gasteiger partial charge < -0.3 is 16.0 Å². The summed E-state index contributed by atoms with van der Waals surface area (Å²) in [6.07, 6.45) is 3.02. The Morgan fingerprint density at radius 1 is 1.56 bits per heavy atom. The van der Waals surface area contributed by atoms with E-state index in [-0.39, 0.29) is 17.5 Å².